The molecule has 0 radical (unpaired) electrons. The lowest BCUT2D eigenvalue weighted by Gasteiger charge is -2.30. The van der Waals surface area contributed by atoms with Crippen molar-refractivity contribution in [1.29, 1.82) is 5.26 Å². The maximum atomic E-state index is 12.6. The number of hydrogen-bond donors (Lipinski definition) is 1. The van der Waals surface area contributed by atoms with Gasteiger partial charge in [-0.05, 0) is 26.0 Å². The smallest absolute Gasteiger partial charge is 0.338 e. The second kappa shape index (κ2) is 6.79. The molecule has 0 saturated heterocycles. The van der Waals surface area contributed by atoms with E-state index in [2.05, 4.69) is 16.5 Å². The quantitative estimate of drug-likeness (QED) is 0.821. The number of carbonyl (C=O) groups excluding carboxylic acids is 1. The van der Waals surface area contributed by atoms with E-state index in [-0.39, 0.29) is 6.61 Å². The lowest BCUT2D eigenvalue weighted by atomic mass is 9.95. The normalized spacial score (nSPS) is 16.0. The van der Waals surface area contributed by atoms with E-state index in [4.69, 9.17) is 27.9 Å². The number of carbonyl (C=O) groups is 1. The Morgan fingerprint density at radius 1 is 1.44 bits per heavy atom. The number of nitriles is 1. The Balaban J connectivity index is 2.28. The highest BCUT2D eigenvalue weighted by atomic mass is 35.5. The van der Waals surface area contributed by atoms with Crippen molar-refractivity contribution in [2.75, 3.05) is 11.9 Å². The van der Waals surface area contributed by atoms with Crippen LogP contribution in [0.5, 0.6) is 0 Å². The van der Waals surface area contributed by atoms with E-state index < -0.39 is 12.0 Å². The van der Waals surface area contributed by atoms with Crippen LogP contribution >= 0.6 is 23.2 Å². The molecule has 1 aliphatic heterocycles. The lowest BCUT2D eigenvalue weighted by molar-refractivity contribution is -0.139. The summed E-state index contributed by atoms with van der Waals surface area (Å²) in [7, 11) is 0. The topological polar surface area (TPSA) is 79.9 Å². The number of esters is 1. The molecule has 2 aromatic rings. The summed E-state index contributed by atoms with van der Waals surface area (Å²) in [6.45, 7) is 3.70. The van der Waals surface area contributed by atoms with Crippen LogP contribution in [0.25, 0.3) is 0 Å². The summed E-state index contributed by atoms with van der Waals surface area (Å²) in [5, 5.41) is 17.4. The predicted octanol–water partition coefficient (Wildman–Crippen LogP) is 3.91. The van der Waals surface area contributed by atoms with Crippen LogP contribution in [0.3, 0.4) is 0 Å². The van der Waals surface area contributed by atoms with Crippen molar-refractivity contribution < 1.29 is 9.53 Å². The van der Waals surface area contributed by atoms with Crippen molar-refractivity contribution in [1.82, 2.24) is 9.78 Å². The molecule has 1 N–H and O–H groups in total. The number of benzene rings is 1. The summed E-state index contributed by atoms with van der Waals surface area (Å²) in [5.74, 6) is -0.0119. The predicted molar refractivity (Wildman–Crippen MR) is 94.5 cm³/mol. The highest BCUT2D eigenvalue weighted by Gasteiger charge is 2.37. The van der Waals surface area contributed by atoms with Crippen molar-refractivity contribution >= 4 is 35.0 Å². The Hall–Kier alpha value is -2.49. The van der Waals surface area contributed by atoms with Crippen LogP contribution in [-0.2, 0) is 9.53 Å². The fraction of sp³-hybridized carbons (Fsp3) is 0.235. The average molecular weight is 377 g/mol. The Morgan fingerprint density at radius 2 is 2.12 bits per heavy atom. The van der Waals surface area contributed by atoms with Gasteiger partial charge in [-0.1, -0.05) is 29.3 Å². The molecule has 25 heavy (non-hydrogen) atoms. The second-order valence-electron chi connectivity index (χ2n) is 5.39. The zero-order valence-corrected chi connectivity index (χ0v) is 15.0. The first-order valence-electron chi connectivity index (χ1n) is 7.56. The van der Waals surface area contributed by atoms with Crippen molar-refractivity contribution in [3.05, 3.63) is 56.8 Å². The van der Waals surface area contributed by atoms with Gasteiger partial charge >= 0.3 is 5.97 Å². The monoisotopic (exact) mass is 376 g/mol. The maximum absolute atomic E-state index is 12.6. The van der Waals surface area contributed by atoms with Gasteiger partial charge in [0.2, 0.25) is 0 Å². The Kier molecular flexibility index (Phi) is 4.71. The van der Waals surface area contributed by atoms with Crippen LogP contribution < -0.4 is 5.32 Å². The number of nitrogens with one attached hydrogen (secondary N) is 1. The van der Waals surface area contributed by atoms with E-state index >= 15 is 0 Å². The summed E-state index contributed by atoms with van der Waals surface area (Å²) in [6, 6.07) is 6.49. The number of halogens is 2. The number of fused-ring (bicyclic) bond motifs is 1. The Bertz CT molecular complexity index is 907. The Labute approximate surface area is 154 Å². The van der Waals surface area contributed by atoms with Gasteiger partial charge in [0.05, 0.1) is 18.4 Å². The summed E-state index contributed by atoms with van der Waals surface area (Å²) in [6.07, 6.45) is 1.43. The molecule has 2 heterocycles. The molecule has 0 bridgehead atoms. The number of nitrogens with zero attached hydrogens (tertiary/aromatic N) is 3. The number of aromatic nitrogens is 2. The van der Waals surface area contributed by atoms with Crippen molar-refractivity contribution in [2.24, 2.45) is 0 Å². The molecular formula is C17H14Cl2N4O2. The molecule has 0 saturated carbocycles. The van der Waals surface area contributed by atoms with Gasteiger partial charge in [0.15, 0.2) is 0 Å². The van der Waals surface area contributed by atoms with Crippen molar-refractivity contribution in [2.45, 2.75) is 19.9 Å². The van der Waals surface area contributed by atoms with Crippen molar-refractivity contribution in [3.63, 3.8) is 0 Å². The average Bonchev–Trinajstić information content (AvgIpc) is 2.97. The number of ether oxygens (including phenoxy) is 1. The summed E-state index contributed by atoms with van der Waals surface area (Å²) >= 11 is 12.8. The largest absolute Gasteiger partial charge is 0.463 e. The molecule has 1 aromatic carbocycles. The molecule has 0 aliphatic carbocycles. The van der Waals surface area contributed by atoms with Crippen LogP contribution in [-0.4, -0.2) is 22.4 Å². The van der Waals surface area contributed by atoms with Gasteiger partial charge in [-0.2, -0.15) is 10.4 Å². The fourth-order valence-corrected chi connectivity index (χ4v) is 3.45. The van der Waals surface area contributed by atoms with Gasteiger partial charge in [-0.3, -0.25) is 0 Å². The van der Waals surface area contributed by atoms with E-state index in [1.54, 1.807) is 32.0 Å². The molecular weight excluding hydrogens is 363 g/mol. The third-order valence-electron chi connectivity index (χ3n) is 3.91. The third-order valence-corrected chi connectivity index (χ3v) is 4.57. The zero-order chi connectivity index (χ0) is 18.1. The van der Waals surface area contributed by atoms with Gasteiger partial charge in [-0.15, -0.1) is 0 Å². The molecule has 128 valence electrons. The van der Waals surface area contributed by atoms with Gasteiger partial charge < -0.3 is 10.1 Å². The molecule has 1 aliphatic rings. The highest BCUT2D eigenvalue weighted by molar-refractivity contribution is 6.36. The number of allylic oxidation sites excluding steroid dienone is 1. The first-order valence-corrected chi connectivity index (χ1v) is 8.31. The SMILES string of the molecule is CCOC(=O)C1=C(C)Nc2c(C#N)cnn2C1c1c(Cl)cccc1Cl. The molecule has 1 atom stereocenters. The van der Waals surface area contributed by atoms with Crippen LogP contribution in [0, 0.1) is 11.3 Å². The van der Waals surface area contributed by atoms with E-state index in [9.17, 15) is 10.1 Å². The third kappa shape index (κ3) is 2.86. The summed E-state index contributed by atoms with van der Waals surface area (Å²) in [5.41, 5.74) is 1.79. The molecule has 0 spiro atoms. The minimum Gasteiger partial charge on any atom is -0.463 e. The van der Waals surface area contributed by atoms with Gasteiger partial charge in [0.1, 0.15) is 23.5 Å². The molecule has 1 unspecified atom stereocenters. The highest BCUT2D eigenvalue weighted by Crippen LogP contribution is 2.42. The standard InChI is InChI=1S/C17H14Cl2N4O2/c1-3-25-17(24)13-9(2)22-16-10(7-20)8-21-23(16)15(13)14-11(18)5-4-6-12(14)19/h4-6,8,15,22H,3H2,1-2H3. The van der Waals surface area contributed by atoms with Crippen LogP contribution in [0.2, 0.25) is 10.0 Å². The van der Waals surface area contributed by atoms with Crippen LogP contribution in [0.15, 0.2) is 35.7 Å². The first-order chi connectivity index (χ1) is 12.0. The maximum Gasteiger partial charge on any atom is 0.338 e. The van der Waals surface area contributed by atoms with Crippen LogP contribution in [0.4, 0.5) is 5.82 Å². The van der Waals surface area contributed by atoms with E-state index in [0.717, 1.165) is 0 Å². The molecule has 0 fully saturated rings. The minimum absolute atomic E-state index is 0.230. The molecule has 3 rings (SSSR count). The van der Waals surface area contributed by atoms with E-state index in [0.29, 0.717) is 38.3 Å². The molecule has 1 aromatic heterocycles. The zero-order valence-electron chi connectivity index (χ0n) is 13.5. The fourth-order valence-electron chi connectivity index (χ4n) is 2.85. The minimum atomic E-state index is -0.696. The summed E-state index contributed by atoms with van der Waals surface area (Å²) in [4.78, 5) is 12.6. The van der Waals surface area contributed by atoms with E-state index in [1.807, 2.05) is 0 Å². The first kappa shape index (κ1) is 17.3. The summed E-state index contributed by atoms with van der Waals surface area (Å²) < 4.78 is 6.73. The number of rotatable bonds is 3. The van der Waals surface area contributed by atoms with E-state index in [1.165, 1.54) is 10.9 Å². The lowest BCUT2D eigenvalue weighted by Crippen LogP contribution is -2.30. The number of anilines is 1. The molecule has 8 heteroatoms. The van der Waals surface area contributed by atoms with Crippen molar-refractivity contribution in [3.8, 4) is 6.07 Å². The van der Waals surface area contributed by atoms with Gasteiger partial charge in [-0.25, -0.2) is 9.48 Å². The molecule has 0 amide bonds. The van der Waals surface area contributed by atoms with Gasteiger partial charge in [0.25, 0.3) is 0 Å². The van der Waals surface area contributed by atoms with Crippen LogP contribution in [0.1, 0.15) is 31.0 Å². The van der Waals surface area contributed by atoms with Gasteiger partial charge in [0, 0.05) is 21.3 Å². The second-order valence-corrected chi connectivity index (χ2v) is 6.20. The molecule has 6 nitrogen and oxygen atoms in total. The number of hydrogen-bond acceptors (Lipinski definition) is 5. The Morgan fingerprint density at radius 3 is 2.72 bits per heavy atom.